The van der Waals surface area contributed by atoms with Gasteiger partial charge >= 0.3 is 0 Å². The topological polar surface area (TPSA) is 42.0 Å². The van der Waals surface area contributed by atoms with E-state index in [1.807, 2.05) is 6.92 Å². The summed E-state index contributed by atoms with van der Waals surface area (Å²) in [6, 6.07) is 0. The minimum Gasteiger partial charge on any atom is -0.352 e. The number of rotatable bonds is 3. The van der Waals surface area contributed by atoms with Gasteiger partial charge in [-0.15, -0.1) is 0 Å². The summed E-state index contributed by atoms with van der Waals surface area (Å²) in [4.78, 5) is 15.8. The summed E-state index contributed by atoms with van der Waals surface area (Å²) in [6.45, 7) is 2.71. The molecule has 1 N–H and O–H groups in total. The van der Waals surface area contributed by atoms with Gasteiger partial charge in [0.25, 0.3) is 5.91 Å². The fourth-order valence-electron chi connectivity index (χ4n) is 1.38. The molecular weight excluding hydrogens is 256 g/mol. The van der Waals surface area contributed by atoms with Crippen molar-refractivity contribution in [2.75, 3.05) is 6.54 Å². The molecule has 0 saturated heterocycles. The molecule has 0 atom stereocenters. The van der Waals surface area contributed by atoms with Crippen molar-refractivity contribution in [2.24, 2.45) is 5.92 Å². The second kappa shape index (κ2) is 4.31. The van der Waals surface area contributed by atoms with Gasteiger partial charge in [-0.05, 0) is 47.2 Å². The van der Waals surface area contributed by atoms with Crippen molar-refractivity contribution < 1.29 is 4.79 Å². The third-order valence-electron chi connectivity index (χ3n) is 2.65. The van der Waals surface area contributed by atoms with Crippen LogP contribution in [0.25, 0.3) is 0 Å². The highest BCUT2D eigenvalue weighted by Gasteiger charge is 2.22. The third-order valence-corrected chi connectivity index (χ3v) is 3.45. The first-order valence-electron chi connectivity index (χ1n) is 5.07. The van der Waals surface area contributed by atoms with Gasteiger partial charge in [0.1, 0.15) is 0 Å². The molecule has 0 aromatic carbocycles. The number of pyridine rings is 1. The Balaban J connectivity index is 2.06. The quantitative estimate of drug-likeness (QED) is 0.914. The summed E-state index contributed by atoms with van der Waals surface area (Å²) in [5, 5.41) is 2.93. The number of carbonyl (C=O) groups excluding carboxylic acids is 1. The maximum absolute atomic E-state index is 11.8. The van der Waals surface area contributed by atoms with Gasteiger partial charge in [-0.2, -0.15) is 0 Å². The molecule has 80 valence electrons. The number of hydrogen-bond donors (Lipinski definition) is 1. The van der Waals surface area contributed by atoms with Crippen molar-refractivity contribution in [1.82, 2.24) is 10.3 Å². The minimum atomic E-state index is -0.0202. The Morgan fingerprint density at radius 3 is 3.00 bits per heavy atom. The summed E-state index contributed by atoms with van der Waals surface area (Å²) in [6.07, 6.45) is 5.81. The molecule has 1 saturated carbocycles. The Kier molecular flexibility index (Phi) is 3.05. The molecule has 1 fully saturated rings. The van der Waals surface area contributed by atoms with E-state index in [2.05, 4.69) is 26.2 Å². The van der Waals surface area contributed by atoms with Crippen LogP contribution in [-0.4, -0.2) is 17.4 Å². The van der Waals surface area contributed by atoms with E-state index in [4.69, 9.17) is 0 Å². The highest BCUT2D eigenvalue weighted by Crippen LogP contribution is 2.27. The van der Waals surface area contributed by atoms with Crippen LogP contribution in [0.1, 0.15) is 28.8 Å². The molecule has 0 aliphatic heterocycles. The van der Waals surface area contributed by atoms with Gasteiger partial charge in [0.2, 0.25) is 0 Å². The summed E-state index contributed by atoms with van der Waals surface area (Å²) < 4.78 is 0.876. The SMILES string of the molecule is Cc1c(Br)cncc1C(=O)NCC1CC1. The molecule has 0 spiro atoms. The third kappa shape index (κ3) is 2.56. The number of amides is 1. The Bertz CT molecular complexity index is 388. The lowest BCUT2D eigenvalue weighted by atomic mass is 10.1. The van der Waals surface area contributed by atoms with Crippen molar-refractivity contribution >= 4 is 21.8 Å². The summed E-state index contributed by atoms with van der Waals surface area (Å²) in [5.74, 6) is 0.683. The van der Waals surface area contributed by atoms with Crippen LogP contribution in [0.2, 0.25) is 0 Å². The van der Waals surface area contributed by atoms with Crippen molar-refractivity contribution in [2.45, 2.75) is 19.8 Å². The number of nitrogens with one attached hydrogen (secondary N) is 1. The van der Waals surface area contributed by atoms with E-state index in [0.29, 0.717) is 11.5 Å². The molecule has 1 aliphatic carbocycles. The lowest BCUT2D eigenvalue weighted by Crippen LogP contribution is -2.26. The Morgan fingerprint density at radius 1 is 1.60 bits per heavy atom. The first-order chi connectivity index (χ1) is 7.18. The van der Waals surface area contributed by atoms with Gasteiger partial charge in [-0.1, -0.05) is 0 Å². The molecule has 1 heterocycles. The molecule has 2 rings (SSSR count). The normalized spacial score (nSPS) is 15.1. The van der Waals surface area contributed by atoms with E-state index in [9.17, 15) is 4.79 Å². The Morgan fingerprint density at radius 2 is 2.33 bits per heavy atom. The second-order valence-electron chi connectivity index (χ2n) is 3.95. The molecular formula is C11H13BrN2O. The number of hydrogen-bond acceptors (Lipinski definition) is 2. The Labute approximate surface area is 97.4 Å². The minimum absolute atomic E-state index is 0.0202. The lowest BCUT2D eigenvalue weighted by Gasteiger charge is -2.07. The predicted molar refractivity (Wildman–Crippen MR) is 61.7 cm³/mol. The first-order valence-corrected chi connectivity index (χ1v) is 5.86. The zero-order valence-corrected chi connectivity index (χ0v) is 10.2. The highest BCUT2D eigenvalue weighted by molar-refractivity contribution is 9.10. The molecule has 0 bridgehead atoms. The van der Waals surface area contributed by atoms with Crippen molar-refractivity contribution in [3.05, 3.63) is 28.0 Å². The molecule has 15 heavy (non-hydrogen) atoms. The standard InChI is InChI=1S/C11H13BrN2O/c1-7-9(5-13-6-10(7)12)11(15)14-4-8-2-3-8/h5-6,8H,2-4H2,1H3,(H,14,15). The van der Waals surface area contributed by atoms with E-state index in [1.165, 1.54) is 12.8 Å². The maximum atomic E-state index is 11.8. The van der Waals surface area contributed by atoms with Crippen LogP contribution in [-0.2, 0) is 0 Å². The Hall–Kier alpha value is -0.900. The van der Waals surface area contributed by atoms with Crippen LogP contribution in [0.5, 0.6) is 0 Å². The van der Waals surface area contributed by atoms with Crippen molar-refractivity contribution in [3.8, 4) is 0 Å². The molecule has 1 aromatic rings. The fourth-order valence-corrected chi connectivity index (χ4v) is 1.71. The van der Waals surface area contributed by atoms with Gasteiger partial charge in [0.05, 0.1) is 5.56 Å². The predicted octanol–water partition coefficient (Wildman–Crippen LogP) is 2.29. The van der Waals surface area contributed by atoms with E-state index in [0.717, 1.165) is 16.6 Å². The average Bonchev–Trinajstić information content (AvgIpc) is 3.02. The van der Waals surface area contributed by atoms with Gasteiger partial charge in [-0.25, -0.2) is 0 Å². The van der Waals surface area contributed by atoms with Gasteiger partial charge < -0.3 is 5.32 Å². The second-order valence-corrected chi connectivity index (χ2v) is 4.80. The number of aromatic nitrogens is 1. The van der Waals surface area contributed by atoms with Gasteiger partial charge in [0.15, 0.2) is 0 Å². The number of carbonyl (C=O) groups is 1. The molecule has 4 heteroatoms. The zero-order valence-electron chi connectivity index (χ0n) is 8.59. The number of halogens is 1. The van der Waals surface area contributed by atoms with Crippen LogP contribution in [0.3, 0.4) is 0 Å². The lowest BCUT2D eigenvalue weighted by molar-refractivity contribution is 0.0950. The number of nitrogens with zero attached hydrogens (tertiary/aromatic N) is 1. The van der Waals surface area contributed by atoms with Crippen LogP contribution < -0.4 is 5.32 Å². The molecule has 0 radical (unpaired) electrons. The summed E-state index contributed by atoms with van der Waals surface area (Å²) in [5.41, 5.74) is 1.60. The van der Waals surface area contributed by atoms with Crippen LogP contribution in [0.4, 0.5) is 0 Å². The van der Waals surface area contributed by atoms with E-state index in [1.54, 1.807) is 12.4 Å². The molecule has 0 unspecified atom stereocenters. The smallest absolute Gasteiger partial charge is 0.253 e. The first kappa shape index (κ1) is 10.6. The van der Waals surface area contributed by atoms with Crippen LogP contribution in [0, 0.1) is 12.8 Å². The zero-order chi connectivity index (χ0) is 10.8. The van der Waals surface area contributed by atoms with E-state index in [-0.39, 0.29) is 5.91 Å². The fraction of sp³-hybridized carbons (Fsp3) is 0.455. The molecule has 1 aromatic heterocycles. The molecule has 3 nitrogen and oxygen atoms in total. The van der Waals surface area contributed by atoms with Crippen molar-refractivity contribution in [1.29, 1.82) is 0 Å². The average molecular weight is 269 g/mol. The van der Waals surface area contributed by atoms with Gasteiger partial charge in [0, 0.05) is 23.4 Å². The van der Waals surface area contributed by atoms with E-state index >= 15 is 0 Å². The van der Waals surface area contributed by atoms with Crippen LogP contribution >= 0.6 is 15.9 Å². The summed E-state index contributed by atoms with van der Waals surface area (Å²) >= 11 is 3.36. The van der Waals surface area contributed by atoms with Gasteiger partial charge in [-0.3, -0.25) is 9.78 Å². The maximum Gasteiger partial charge on any atom is 0.253 e. The monoisotopic (exact) mass is 268 g/mol. The van der Waals surface area contributed by atoms with Crippen molar-refractivity contribution in [3.63, 3.8) is 0 Å². The van der Waals surface area contributed by atoms with Crippen LogP contribution in [0.15, 0.2) is 16.9 Å². The molecule has 1 amide bonds. The summed E-state index contributed by atoms with van der Waals surface area (Å²) in [7, 11) is 0. The van der Waals surface area contributed by atoms with E-state index < -0.39 is 0 Å². The highest BCUT2D eigenvalue weighted by atomic mass is 79.9. The largest absolute Gasteiger partial charge is 0.352 e. The molecule has 1 aliphatic rings.